The fraction of sp³-hybridized carbons (Fsp3) is 0.750. The van der Waals surface area contributed by atoms with Gasteiger partial charge in [0, 0.05) is 0 Å². The van der Waals surface area contributed by atoms with E-state index in [1.54, 1.807) is 0 Å². The number of aliphatic carboxylic acids is 1. The predicted molar refractivity (Wildman–Crippen MR) is 42.4 cm³/mol. The molecule has 4 heteroatoms. The molecule has 0 aromatic rings. The second-order valence-electron chi connectivity index (χ2n) is 3.17. The average molecular weight is 168 g/mol. The standard InChI is InChI=1S/C8H12N2O2/c9-4-1-8(7(11)12)2-5-10-6-3-8/h10H,1-3,5-6H2,(H,11,12). The van der Waals surface area contributed by atoms with Crippen molar-refractivity contribution in [3.63, 3.8) is 0 Å². The van der Waals surface area contributed by atoms with E-state index in [0.717, 1.165) is 0 Å². The zero-order valence-electron chi connectivity index (χ0n) is 6.84. The highest BCUT2D eigenvalue weighted by molar-refractivity contribution is 5.75. The summed E-state index contributed by atoms with van der Waals surface area (Å²) in [5, 5.41) is 20.5. The van der Waals surface area contributed by atoms with Crippen LogP contribution in [-0.4, -0.2) is 24.2 Å². The number of hydrogen-bond donors (Lipinski definition) is 2. The molecule has 4 nitrogen and oxygen atoms in total. The molecule has 0 aliphatic carbocycles. The van der Waals surface area contributed by atoms with E-state index in [1.165, 1.54) is 0 Å². The molecular weight excluding hydrogens is 156 g/mol. The molecule has 1 fully saturated rings. The van der Waals surface area contributed by atoms with Crippen molar-refractivity contribution < 1.29 is 9.90 Å². The van der Waals surface area contributed by atoms with Gasteiger partial charge >= 0.3 is 5.97 Å². The largest absolute Gasteiger partial charge is 0.481 e. The van der Waals surface area contributed by atoms with Gasteiger partial charge in [0.2, 0.25) is 0 Å². The Morgan fingerprint density at radius 1 is 1.58 bits per heavy atom. The van der Waals surface area contributed by atoms with E-state index >= 15 is 0 Å². The number of hydrogen-bond acceptors (Lipinski definition) is 3. The molecule has 0 saturated carbocycles. The Morgan fingerprint density at radius 2 is 2.17 bits per heavy atom. The molecule has 0 unspecified atom stereocenters. The summed E-state index contributed by atoms with van der Waals surface area (Å²) >= 11 is 0. The van der Waals surface area contributed by atoms with Crippen LogP contribution < -0.4 is 5.32 Å². The van der Waals surface area contributed by atoms with Crippen LogP contribution in [0, 0.1) is 16.7 Å². The topological polar surface area (TPSA) is 73.1 Å². The van der Waals surface area contributed by atoms with E-state index < -0.39 is 11.4 Å². The molecule has 0 atom stereocenters. The van der Waals surface area contributed by atoms with Crippen LogP contribution in [-0.2, 0) is 4.79 Å². The lowest BCUT2D eigenvalue weighted by Gasteiger charge is -2.31. The number of carboxylic acids is 1. The Labute approximate surface area is 71.2 Å². The summed E-state index contributed by atoms with van der Waals surface area (Å²) in [4.78, 5) is 10.9. The van der Waals surface area contributed by atoms with Gasteiger partial charge in [0.25, 0.3) is 0 Å². The molecule has 1 aliphatic rings. The molecule has 0 radical (unpaired) electrons. The third-order valence-corrected chi connectivity index (χ3v) is 2.43. The van der Waals surface area contributed by atoms with Crippen LogP contribution in [0.4, 0.5) is 0 Å². The lowest BCUT2D eigenvalue weighted by atomic mass is 9.77. The van der Waals surface area contributed by atoms with E-state index in [0.29, 0.717) is 25.9 Å². The number of nitrogens with zero attached hydrogens (tertiary/aromatic N) is 1. The van der Waals surface area contributed by atoms with Crippen molar-refractivity contribution in [2.24, 2.45) is 5.41 Å². The van der Waals surface area contributed by atoms with Gasteiger partial charge in [0.1, 0.15) is 0 Å². The zero-order chi connectivity index (χ0) is 9.03. The first-order chi connectivity index (χ1) is 5.71. The maximum Gasteiger partial charge on any atom is 0.310 e. The highest BCUT2D eigenvalue weighted by Gasteiger charge is 2.39. The van der Waals surface area contributed by atoms with Crippen LogP contribution in [0.15, 0.2) is 0 Å². The van der Waals surface area contributed by atoms with Crippen LogP contribution in [0.2, 0.25) is 0 Å². The van der Waals surface area contributed by atoms with Crippen LogP contribution >= 0.6 is 0 Å². The minimum absolute atomic E-state index is 0.129. The van der Waals surface area contributed by atoms with Crippen molar-refractivity contribution in [1.29, 1.82) is 5.26 Å². The molecule has 1 heterocycles. The third kappa shape index (κ3) is 1.56. The van der Waals surface area contributed by atoms with Crippen LogP contribution in [0.5, 0.6) is 0 Å². The lowest BCUT2D eigenvalue weighted by molar-refractivity contribution is -0.150. The van der Waals surface area contributed by atoms with Gasteiger partial charge in [-0.05, 0) is 25.9 Å². The maximum atomic E-state index is 10.9. The van der Waals surface area contributed by atoms with Crippen molar-refractivity contribution >= 4 is 5.97 Å². The van der Waals surface area contributed by atoms with Gasteiger partial charge in [-0.3, -0.25) is 4.79 Å². The Kier molecular flexibility index (Phi) is 2.66. The Bertz CT molecular complexity index is 214. The predicted octanol–water partition coefficient (Wildman–Crippen LogP) is 0.354. The molecule has 1 saturated heterocycles. The Hall–Kier alpha value is -1.08. The highest BCUT2D eigenvalue weighted by Crippen LogP contribution is 2.32. The summed E-state index contributed by atoms with van der Waals surface area (Å²) in [5.41, 5.74) is -0.778. The monoisotopic (exact) mass is 168 g/mol. The second kappa shape index (κ2) is 3.55. The summed E-state index contributed by atoms with van der Waals surface area (Å²) in [5.74, 6) is -0.828. The SMILES string of the molecule is N#CCC1(C(=O)O)CCNCC1. The average Bonchev–Trinajstić information content (AvgIpc) is 2.06. The zero-order valence-corrected chi connectivity index (χ0v) is 6.84. The molecule has 66 valence electrons. The maximum absolute atomic E-state index is 10.9. The van der Waals surface area contributed by atoms with Gasteiger partial charge in [-0.1, -0.05) is 0 Å². The molecule has 0 aromatic heterocycles. The summed E-state index contributed by atoms with van der Waals surface area (Å²) in [6.45, 7) is 1.40. The number of carbonyl (C=O) groups is 1. The lowest BCUT2D eigenvalue weighted by Crippen LogP contribution is -2.41. The summed E-state index contributed by atoms with van der Waals surface area (Å²) in [7, 11) is 0. The van der Waals surface area contributed by atoms with Gasteiger partial charge in [0.15, 0.2) is 0 Å². The van der Waals surface area contributed by atoms with E-state index in [-0.39, 0.29) is 6.42 Å². The number of carboxylic acid groups (broad SMARTS) is 1. The molecule has 0 aromatic carbocycles. The van der Waals surface area contributed by atoms with E-state index in [1.807, 2.05) is 6.07 Å². The van der Waals surface area contributed by atoms with Crippen molar-refractivity contribution in [3.8, 4) is 6.07 Å². The van der Waals surface area contributed by atoms with Crippen molar-refractivity contribution in [3.05, 3.63) is 0 Å². The third-order valence-electron chi connectivity index (χ3n) is 2.43. The van der Waals surface area contributed by atoms with Crippen LogP contribution in [0.1, 0.15) is 19.3 Å². The smallest absolute Gasteiger partial charge is 0.310 e. The molecule has 0 bridgehead atoms. The van der Waals surface area contributed by atoms with Crippen molar-refractivity contribution in [2.75, 3.05) is 13.1 Å². The first kappa shape index (κ1) is 9.01. The van der Waals surface area contributed by atoms with E-state index in [9.17, 15) is 4.79 Å². The number of rotatable bonds is 2. The van der Waals surface area contributed by atoms with Crippen LogP contribution in [0.3, 0.4) is 0 Å². The van der Waals surface area contributed by atoms with Gasteiger partial charge in [0.05, 0.1) is 17.9 Å². The van der Waals surface area contributed by atoms with Crippen LogP contribution in [0.25, 0.3) is 0 Å². The Morgan fingerprint density at radius 3 is 2.58 bits per heavy atom. The summed E-state index contributed by atoms with van der Waals surface area (Å²) in [6.07, 6.45) is 1.26. The minimum atomic E-state index is -0.828. The molecule has 1 aliphatic heterocycles. The molecule has 0 amide bonds. The summed E-state index contributed by atoms with van der Waals surface area (Å²) < 4.78 is 0. The number of nitriles is 1. The first-order valence-corrected chi connectivity index (χ1v) is 4.02. The molecule has 2 N–H and O–H groups in total. The number of piperidine rings is 1. The molecule has 12 heavy (non-hydrogen) atoms. The second-order valence-corrected chi connectivity index (χ2v) is 3.17. The van der Waals surface area contributed by atoms with Gasteiger partial charge in [-0.2, -0.15) is 5.26 Å². The van der Waals surface area contributed by atoms with Crippen molar-refractivity contribution in [1.82, 2.24) is 5.32 Å². The quantitative estimate of drug-likeness (QED) is 0.624. The van der Waals surface area contributed by atoms with E-state index in [2.05, 4.69) is 5.32 Å². The Balaban J connectivity index is 2.71. The fourth-order valence-corrected chi connectivity index (χ4v) is 1.52. The van der Waals surface area contributed by atoms with E-state index in [4.69, 9.17) is 10.4 Å². The van der Waals surface area contributed by atoms with Gasteiger partial charge in [-0.15, -0.1) is 0 Å². The van der Waals surface area contributed by atoms with Gasteiger partial charge < -0.3 is 10.4 Å². The molecular formula is C8H12N2O2. The minimum Gasteiger partial charge on any atom is -0.481 e. The highest BCUT2D eigenvalue weighted by atomic mass is 16.4. The number of nitrogens with one attached hydrogen (secondary N) is 1. The van der Waals surface area contributed by atoms with Gasteiger partial charge in [-0.25, -0.2) is 0 Å². The fourth-order valence-electron chi connectivity index (χ4n) is 1.52. The normalized spacial score (nSPS) is 21.2. The van der Waals surface area contributed by atoms with Crippen molar-refractivity contribution in [2.45, 2.75) is 19.3 Å². The molecule has 1 rings (SSSR count). The molecule has 0 spiro atoms. The summed E-state index contributed by atoms with van der Waals surface area (Å²) in [6, 6.07) is 1.95. The first-order valence-electron chi connectivity index (χ1n) is 4.02.